The summed E-state index contributed by atoms with van der Waals surface area (Å²) in [4.78, 5) is 21.5. The molecule has 140 valence electrons. The van der Waals surface area contributed by atoms with Crippen LogP contribution in [0.5, 0.6) is 0 Å². The summed E-state index contributed by atoms with van der Waals surface area (Å²) in [5.41, 5.74) is 5.56. The van der Waals surface area contributed by atoms with Gasteiger partial charge in [-0.05, 0) is 49.2 Å². The number of nitrogens with zero attached hydrogens (tertiary/aromatic N) is 5. The van der Waals surface area contributed by atoms with E-state index in [1.54, 1.807) is 11.3 Å². The topological polar surface area (TPSA) is 54.8 Å². The number of benzene rings is 1. The molecule has 0 saturated carbocycles. The molecule has 0 saturated heterocycles. The Balaban J connectivity index is 1.55. The van der Waals surface area contributed by atoms with Crippen LogP contribution in [0, 0.1) is 13.8 Å². The van der Waals surface area contributed by atoms with Crippen LogP contribution in [0.2, 0.25) is 5.28 Å². The zero-order valence-electron chi connectivity index (χ0n) is 15.6. The summed E-state index contributed by atoms with van der Waals surface area (Å²) in [6.45, 7) is 5.71. The van der Waals surface area contributed by atoms with Crippen LogP contribution in [0.25, 0.3) is 21.3 Å². The smallest absolute Gasteiger partial charge is 0.224 e. The van der Waals surface area contributed by atoms with E-state index in [2.05, 4.69) is 38.9 Å². The minimum absolute atomic E-state index is 0.282. The molecule has 28 heavy (non-hydrogen) atoms. The van der Waals surface area contributed by atoms with Crippen molar-refractivity contribution in [2.45, 2.75) is 26.8 Å². The molecule has 0 radical (unpaired) electrons. The molecule has 5 nitrogen and oxygen atoms in total. The van der Waals surface area contributed by atoms with E-state index < -0.39 is 0 Å². The molecule has 1 aliphatic heterocycles. The van der Waals surface area contributed by atoms with Crippen molar-refractivity contribution in [1.29, 1.82) is 0 Å². The molecular weight excluding hydrogens is 390 g/mol. The highest BCUT2D eigenvalue weighted by Gasteiger charge is 2.22. The lowest BCUT2D eigenvalue weighted by molar-refractivity contribution is 0.705. The molecule has 4 heterocycles. The minimum atomic E-state index is 0.282. The molecule has 7 heteroatoms. The van der Waals surface area contributed by atoms with E-state index in [-0.39, 0.29) is 5.28 Å². The van der Waals surface area contributed by atoms with Crippen molar-refractivity contribution in [2.24, 2.45) is 0 Å². The first-order chi connectivity index (χ1) is 13.6. The van der Waals surface area contributed by atoms with Gasteiger partial charge < -0.3 is 4.90 Å². The van der Waals surface area contributed by atoms with Crippen LogP contribution >= 0.6 is 22.9 Å². The van der Waals surface area contributed by atoms with Crippen LogP contribution in [-0.4, -0.2) is 26.5 Å². The Kier molecular flexibility index (Phi) is 4.25. The highest BCUT2D eigenvalue weighted by Crippen LogP contribution is 2.32. The average Bonchev–Trinajstić information content (AvgIpc) is 3.13. The van der Waals surface area contributed by atoms with Crippen LogP contribution in [-0.2, 0) is 13.0 Å². The van der Waals surface area contributed by atoms with Crippen molar-refractivity contribution in [3.05, 3.63) is 63.8 Å². The fourth-order valence-electron chi connectivity index (χ4n) is 3.68. The fraction of sp³-hybridized carbons (Fsp3) is 0.238. The molecule has 0 amide bonds. The molecule has 4 aromatic rings. The summed E-state index contributed by atoms with van der Waals surface area (Å²) < 4.78 is 0. The molecule has 0 fully saturated rings. The summed E-state index contributed by atoms with van der Waals surface area (Å²) in [7, 11) is 0. The van der Waals surface area contributed by atoms with Gasteiger partial charge in [0, 0.05) is 48.5 Å². The van der Waals surface area contributed by atoms with Gasteiger partial charge in [-0.1, -0.05) is 11.6 Å². The minimum Gasteiger partial charge on any atom is -0.351 e. The maximum absolute atomic E-state index is 6.22. The van der Waals surface area contributed by atoms with Gasteiger partial charge in [0.05, 0.1) is 15.4 Å². The largest absolute Gasteiger partial charge is 0.351 e. The normalized spacial score (nSPS) is 13.8. The van der Waals surface area contributed by atoms with Crippen LogP contribution in [0.1, 0.15) is 21.8 Å². The average molecular weight is 408 g/mol. The first-order valence-electron chi connectivity index (χ1n) is 9.16. The van der Waals surface area contributed by atoms with Gasteiger partial charge in [-0.3, -0.25) is 4.98 Å². The van der Waals surface area contributed by atoms with Gasteiger partial charge >= 0.3 is 0 Å². The number of hydrogen-bond donors (Lipinski definition) is 0. The molecule has 1 aliphatic rings. The SMILES string of the molecule is Cc1ccc2nc(Cl)nc(N3CCc4ncc(-c5cnc(C)s5)cc4C3)c2c1. The maximum Gasteiger partial charge on any atom is 0.224 e. The van der Waals surface area contributed by atoms with E-state index in [1.165, 1.54) is 11.1 Å². The van der Waals surface area contributed by atoms with E-state index in [0.717, 1.165) is 57.4 Å². The van der Waals surface area contributed by atoms with Gasteiger partial charge in [0.1, 0.15) is 5.82 Å². The van der Waals surface area contributed by atoms with Crippen molar-refractivity contribution >= 4 is 39.7 Å². The fourth-order valence-corrected chi connectivity index (χ4v) is 4.61. The van der Waals surface area contributed by atoms with Gasteiger partial charge in [0.25, 0.3) is 0 Å². The molecule has 0 spiro atoms. The maximum atomic E-state index is 6.22. The Labute approximate surface area is 172 Å². The number of aromatic nitrogens is 4. The lowest BCUT2D eigenvalue weighted by Gasteiger charge is -2.30. The first-order valence-corrected chi connectivity index (χ1v) is 10.4. The Morgan fingerprint density at radius 3 is 2.79 bits per heavy atom. The molecule has 0 bridgehead atoms. The summed E-state index contributed by atoms with van der Waals surface area (Å²) in [6.07, 6.45) is 4.76. The second-order valence-corrected chi connectivity index (χ2v) is 8.65. The van der Waals surface area contributed by atoms with E-state index in [1.807, 2.05) is 31.5 Å². The van der Waals surface area contributed by atoms with E-state index >= 15 is 0 Å². The first kappa shape index (κ1) is 17.5. The molecule has 1 aromatic carbocycles. The van der Waals surface area contributed by atoms with Gasteiger partial charge in [0.2, 0.25) is 5.28 Å². The predicted octanol–water partition coefficient (Wildman–Crippen LogP) is 4.98. The third kappa shape index (κ3) is 3.12. The van der Waals surface area contributed by atoms with Crippen LogP contribution in [0.3, 0.4) is 0 Å². The number of rotatable bonds is 2. The Hall–Kier alpha value is -2.57. The van der Waals surface area contributed by atoms with Gasteiger partial charge in [-0.2, -0.15) is 4.98 Å². The van der Waals surface area contributed by atoms with Gasteiger partial charge in [0.15, 0.2) is 0 Å². The number of thiazole rings is 1. The zero-order chi connectivity index (χ0) is 19.3. The number of aryl methyl sites for hydroxylation is 2. The van der Waals surface area contributed by atoms with E-state index in [0.29, 0.717) is 0 Å². The summed E-state index contributed by atoms with van der Waals surface area (Å²) in [6, 6.07) is 8.42. The molecular formula is C21H18ClN5S. The summed E-state index contributed by atoms with van der Waals surface area (Å²) in [5.74, 6) is 0.892. The summed E-state index contributed by atoms with van der Waals surface area (Å²) in [5, 5.41) is 2.38. The van der Waals surface area contributed by atoms with Crippen LogP contribution in [0.4, 0.5) is 5.82 Å². The standard InChI is InChI=1S/C21H18ClN5S/c1-12-3-4-18-16(7-12)20(26-21(22)25-18)27-6-5-17-15(11-27)8-14(9-24-17)19-10-23-13(2)28-19/h3-4,7-10H,5-6,11H2,1-2H3. The third-order valence-electron chi connectivity index (χ3n) is 5.05. The Morgan fingerprint density at radius 1 is 1.07 bits per heavy atom. The van der Waals surface area contributed by atoms with Crippen molar-refractivity contribution in [3.8, 4) is 10.4 Å². The number of halogens is 1. The number of pyridine rings is 1. The molecule has 5 rings (SSSR count). The molecule has 0 N–H and O–H groups in total. The van der Waals surface area contributed by atoms with Crippen LogP contribution in [0.15, 0.2) is 36.7 Å². The van der Waals surface area contributed by atoms with Crippen LogP contribution < -0.4 is 4.90 Å². The lowest BCUT2D eigenvalue weighted by Crippen LogP contribution is -2.32. The second-order valence-electron chi connectivity index (χ2n) is 7.08. The summed E-state index contributed by atoms with van der Waals surface area (Å²) >= 11 is 7.92. The molecule has 0 atom stereocenters. The molecule has 0 aliphatic carbocycles. The van der Waals surface area contributed by atoms with Crippen molar-refractivity contribution in [3.63, 3.8) is 0 Å². The molecule has 3 aromatic heterocycles. The highest BCUT2D eigenvalue weighted by molar-refractivity contribution is 7.15. The number of fused-ring (bicyclic) bond motifs is 2. The highest BCUT2D eigenvalue weighted by atomic mass is 35.5. The second kappa shape index (κ2) is 6.79. The quantitative estimate of drug-likeness (QED) is 0.438. The van der Waals surface area contributed by atoms with Gasteiger partial charge in [-0.15, -0.1) is 11.3 Å². The van der Waals surface area contributed by atoms with Crippen molar-refractivity contribution in [2.75, 3.05) is 11.4 Å². The Bertz CT molecular complexity index is 1200. The predicted molar refractivity (Wildman–Crippen MR) is 114 cm³/mol. The molecule has 0 unspecified atom stereocenters. The zero-order valence-corrected chi connectivity index (χ0v) is 17.2. The van der Waals surface area contributed by atoms with Crippen molar-refractivity contribution in [1.82, 2.24) is 19.9 Å². The van der Waals surface area contributed by atoms with E-state index in [9.17, 15) is 0 Å². The monoisotopic (exact) mass is 407 g/mol. The number of hydrogen-bond acceptors (Lipinski definition) is 6. The lowest BCUT2D eigenvalue weighted by atomic mass is 10.0. The van der Waals surface area contributed by atoms with Gasteiger partial charge in [-0.25, -0.2) is 9.97 Å². The van der Waals surface area contributed by atoms with E-state index in [4.69, 9.17) is 16.6 Å². The Morgan fingerprint density at radius 2 is 1.96 bits per heavy atom. The third-order valence-corrected chi connectivity index (χ3v) is 6.18. The number of anilines is 1. The van der Waals surface area contributed by atoms with Crippen molar-refractivity contribution < 1.29 is 0 Å².